The first kappa shape index (κ1) is 8.51. The molecule has 0 fully saturated rings. The van der Waals surface area contributed by atoms with Gasteiger partial charge in [0.25, 0.3) is 0 Å². The first-order valence-corrected chi connectivity index (χ1v) is 3.61. The fraction of sp³-hybridized carbons (Fsp3) is 0.100. The average Bonchev–Trinajstić information content (AvgIpc) is 2.15. The highest BCUT2D eigenvalue weighted by molar-refractivity contribution is 5.74. The summed E-state index contributed by atoms with van der Waals surface area (Å²) in [5, 5.41) is 0. The fourth-order valence-corrected chi connectivity index (χ4v) is 0.927. The van der Waals surface area contributed by atoms with Gasteiger partial charge in [0.15, 0.2) is 6.29 Å². The maximum absolute atomic E-state index is 9.97. The van der Waals surface area contributed by atoms with Gasteiger partial charge in [0, 0.05) is 12.1 Å². The van der Waals surface area contributed by atoms with Crippen molar-refractivity contribution in [3.8, 4) is 11.8 Å². The van der Waals surface area contributed by atoms with E-state index in [1.165, 1.54) is 0 Å². The number of benzene rings is 1. The third-order valence-electron chi connectivity index (χ3n) is 1.50. The molecule has 0 saturated heterocycles. The number of aldehydes is 1. The molecule has 1 aromatic carbocycles. The van der Waals surface area contributed by atoms with Gasteiger partial charge in [-0.25, -0.2) is 0 Å². The topological polar surface area (TPSA) is 43.1 Å². The van der Waals surface area contributed by atoms with Crippen LogP contribution >= 0.6 is 0 Å². The molecule has 1 rings (SSSR count). The molecule has 0 aliphatic rings. The van der Waals surface area contributed by atoms with E-state index in [1.807, 2.05) is 24.3 Å². The Bertz CT molecular complexity index is 333. The lowest BCUT2D eigenvalue weighted by atomic mass is 10.1. The normalized spacial score (nSPS) is 8.42. The van der Waals surface area contributed by atoms with E-state index in [1.54, 1.807) is 0 Å². The zero-order valence-electron chi connectivity index (χ0n) is 6.58. The van der Waals surface area contributed by atoms with E-state index in [0.717, 1.165) is 11.1 Å². The number of hydrogen-bond acceptors (Lipinski definition) is 2. The van der Waals surface area contributed by atoms with Crippen LogP contribution in [0.2, 0.25) is 0 Å². The lowest BCUT2D eigenvalue weighted by Gasteiger charge is -1.98. The quantitative estimate of drug-likeness (QED) is 0.484. The summed E-state index contributed by atoms with van der Waals surface area (Å²) in [6.07, 6.45) is 0.577. The zero-order chi connectivity index (χ0) is 8.81. The zero-order valence-corrected chi connectivity index (χ0v) is 6.58. The Kier molecular flexibility index (Phi) is 3.06. The predicted molar refractivity (Wildman–Crippen MR) is 47.3 cm³/mol. The van der Waals surface area contributed by atoms with Crippen molar-refractivity contribution >= 4 is 6.29 Å². The molecule has 0 saturated carbocycles. The maximum atomic E-state index is 9.97. The minimum Gasteiger partial charge on any atom is -0.326 e. The molecule has 2 N–H and O–H groups in total. The lowest BCUT2D eigenvalue weighted by molar-refractivity contribution is -0.103. The molecule has 0 heterocycles. The molecule has 0 aliphatic heterocycles. The van der Waals surface area contributed by atoms with Gasteiger partial charge in [-0.2, -0.15) is 0 Å². The number of hydrogen-bond donors (Lipinski definition) is 1. The molecule has 2 nitrogen and oxygen atoms in total. The van der Waals surface area contributed by atoms with Crippen LogP contribution in [0.5, 0.6) is 0 Å². The van der Waals surface area contributed by atoms with Crippen LogP contribution in [0.25, 0.3) is 0 Å². The second-order valence-electron chi connectivity index (χ2n) is 2.25. The van der Waals surface area contributed by atoms with Gasteiger partial charge in [0.1, 0.15) is 0 Å². The van der Waals surface area contributed by atoms with Gasteiger partial charge in [0.05, 0.1) is 0 Å². The molecule has 1 aromatic rings. The van der Waals surface area contributed by atoms with Gasteiger partial charge in [-0.05, 0) is 17.6 Å². The van der Waals surface area contributed by atoms with Gasteiger partial charge < -0.3 is 5.73 Å². The number of rotatable bonds is 1. The first-order chi connectivity index (χ1) is 5.88. The molecule has 0 radical (unpaired) electrons. The van der Waals surface area contributed by atoms with E-state index in [-0.39, 0.29) is 0 Å². The van der Waals surface area contributed by atoms with Crippen LogP contribution in [0, 0.1) is 11.8 Å². The Hall–Kier alpha value is -1.59. The van der Waals surface area contributed by atoms with Gasteiger partial charge in [-0.1, -0.05) is 24.1 Å². The van der Waals surface area contributed by atoms with E-state index in [9.17, 15) is 4.79 Å². The summed E-state index contributed by atoms with van der Waals surface area (Å²) in [6, 6.07) is 7.51. The predicted octanol–water partition coefficient (Wildman–Crippen LogP) is 0.696. The molecular weight excluding hydrogens is 150 g/mol. The molecule has 0 atom stereocenters. The molecule has 0 aromatic heterocycles. The van der Waals surface area contributed by atoms with E-state index in [4.69, 9.17) is 5.73 Å². The summed E-state index contributed by atoms with van der Waals surface area (Å²) in [5.41, 5.74) is 7.26. The van der Waals surface area contributed by atoms with E-state index >= 15 is 0 Å². The summed E-state index contributed by atoms with van der Waals surface area (Å²) in [5.74, 6) is 5.07. The Balaban J connectivity index is 3.04. The van der Waals surface area contributed by atoms with E-state index in [2.05, 4.69) is 11.8 Å². The summed E-state index contributed by atoms with van der Waals surface area (Å²) in [4.78, 5) is 9.97. The second-order valence-corrected chi connectivity index (χ2v) is 2.25. The Morgan fingerprint density at radius 3 is 2.83 bits per heavy atom. The first-order valence-electron chi connectivity index (χ1n) is 3.61. The summed E-state index contributed by atoms with van der Waals surface area (Å²) in [6.45, 7) is 0.448. The molecule has 0 amide bonds. The van der Waals surface area contributed by atoms with Gasteiger partial charge in [0.2, 0.25) is 0 Å². The number of nitrogens with two attached hydrogens (primary N) is 1. The van der Waals surface area contributed by atoms with Gasteiger partial charge in [-0.3, -0.25) is 4.79 Å². The van der Waals surface area contributed by atoms with E-state index in [0.29, 0.717) is 12.8 Å². The van der Waals surface area contributed by atoms with Crippen molar-refractivity contribution < 1.29 is 4.79 Å². The smallest absolute Gasteiger partial charge is 0.193 e. The lowest BCUT2D eigenvalue weighted by Crippen LogP contribution is -1.98. The van der Waals surface area contributed by atoms with Crippen LogP contribution < -0.4 is 5.73 Å². The van der Waals surface area contributed by atoms with Crippen molar-refractivity contribution in [2.45, 2.75) is 6.54 Å². The molecule has 0 aliphatic carbocycles. The fourth-order valence-electron chi connectivity index (χ4n) is 0.927. The highest BCUT2D eigenvalue weighted by Gasteiger charge is 1.93. The monoisotopic (exact) mass is 159 g/mol. The largest absolute Gasteiger partial charge is 0.326 e. The van der Waals surface area contributed by atoms with Gasteiger partial charge >= 0.3 is 0 Å². The van der Waals surface area contributed by atoms with Crippen LogP contribution in [0.4, 0.5) is 0 Å². The van der Waals surface area contributed by atoms with Crippen molar-refractivity contribution in [1.82, 2.24) is 0 Å². The van der Waals surface area contributed by atoms with Crippen LogP contribution in [-0.4, -0.2) is 6.29 Å². The van der Waals surface area contributed by atoms with Crippen LogP contribution in [0.1, 0.15) is 11.1 Å². The third-order valence-corrected chi connectivity index (χ3v) is 1.50. The minimum atomic E-state index is 0.448. The molecule has 60 valence electrons. The standard InChI is InChI=1S/C10H9NO/c11-8-10-5-2-1-4-9(10)6-3-7-12/h1-2,4-5,7H,8,11H2. The van der Waals surface area contributed by atoms with Gasteiger partial charge in [-0.15, -0.1) is 0 Å². The Morgan fingerprint density at radius 2 is 2.17 bits per heavy atom. The van der Waals surface area contributed by atoms with Crippen molar-refractivity contribution in [3.63, 3.8) is 0 Å². The minimum absolute atomic E-state index is 0.448. The van der Waals surface area contributed by atoms with Crippen molar-refractivity contribution in [1.29, 1.82) is 0 Å². The average molecular weight is 159 g/mol. The Labute approximate surface area is 71.4 Å². The summed E-state index contributed by atoms with van der Waals surface area (Å²) < 4.78 is 0. The third kappa shape index (κ3) is 1.94. The number of carbonyl (C=O) groups excluding carboxylic acids is 1. The van der Waals surface area contributed by atoms with Crippen molar-refractivity contribution in [2.75, 3.05) is 0 Å². The van der Waals surface area contributed by atoms with Crippen molar-refractivity contribution in [3.05, 3.63) is 35.4 Å². The molecule has 0 unspecified atom stereocenters. The van der Waals surface area contributed by atoms with Crippen molar-refractivity contribution in [2.24, 2.45) is 5.73 Å². The highest BCUT2D eigenvalue weighted by Crippen LogP contribution is 2.05. The second kappa shape index (κ2) is 4.32. The van der Waals surface area contributed by atoms with E-state index < -0.39 is 0 Å². The molecule has 12 heavy (non-hydrogen) atoms. The summed E-state index contributed by atoms with van der Waals surface area (Å²) >= 11 is 0. The maximum Gasteiger partial charge on any atom is 0.193 e. The molecule has 0 bridgehead atoms. The van der Waals surface area contributed by atoms with Crippen LogP contribution in [0.15, 0.2) is 24.3 Å². The number of carbonyl (C=O) groups is 1. The molecule has 0 spiro atoms. The highest BCUT2D eigenvalue weighted by atomic mass is 16.1. The van der Waals surface area contributed by atoms with Crippen LogP contribution in [-0.2, 0) is 11.3 Å². The summed E-state index contributed by atoms with van der Waals surface area (Å²) in [7, 11) is 0. The van der Waals surface area contributed by atoms with Crippen LogP contribution in [0.3, 0.4) is 0 Å². The molecular formula is C10H9NO. The Morgan fingerprint density at radius 1 is 1.42 bits per heavy atom. The SMILES string of the molecule is NCc1ccccc1C#CC=O. The molecule has 2 heteroatoms.